The van der Waals surface area contributed by atoms with E-state index in [-0.39, 0.29) is 28.2 Å². The van der Waals surface area contributed by atoms with Gasteiger partial charge in [-0.25, -0.2) is 14.6 Å². The number of carboxylic acids is 2. The molecule has 0 atom stereocenters. The Bertz CT molecular complexity index is 2150. The summed E-state index contributed by atoms with van der Waals surface area (Å²) in [5, 5.41) is 21.2. The number of carbonyl (C=O) groups is 2. The van der Waals surface area contributed by atoms with Crippen LogP contribution in [0.1, 0.15) is 31.8 Å². The molecule has 0 saturated heterocycles. The van der Waals surface area contributed by atoms with Crippen LogP contribution in [0.5, 0.6) is 5.75 Å². The first kappa shape index (κ1) is 27.8. The first-order valence-electron chi connectivity index (χ1n) is 13.5. The van der Waals surface area contributed by atoms with E-state index in [1.54, 1.807) is 25.4 Å². The van der Waals surface area contributed by atoms with Crippen LogP contribution < -0.4 is 4.74 Å². The van der Waals surface area contributed by atoms with Gasteiger partial charge in [0.1, 0.15) is 5.75 Å². The zero-order valence-electron chi connectivity index (χ0n) is 23.4. The van der Waals surface area contributed by atoms with Gasteiger partial charge in [0.15, 0.2) is 0 Å². The lowest BCUT2D eigenvalue weighted by atomic mass is 9.95. The van der Waals surface area contributed by atoms with Gasteiger partial charge in [0, 0.05) is 29.1 Å². The molecule has 8 heteroatoms. The summed E-state index contributed by atoms with van der Waals surface area (Å²) in [7, 11) is 1.66. The summed E-state index contributed by atoms with van der Waals surface area (Å²) in [5.74, 6) is 4.99. The maximum Gasteiger partial charge on any atom is 0.335 e. The minimum atomic E-state index is -1.16. The fourth-order valence-corrected chi connectivity index (χ4v) is 4.93. The summed E-state index contributed by atoms with van der Waals surface area (Å²) in [5.41, 5.74) is 4.65. The number of ether oxygens (including phenoxy) is 1. The van der Waals surface area contributed by atoms with Gasteiger partial charge in [-0.05, 0) is 64.9 Å². The third-order valence-corrected chi connectivity index (χ3v) is 7.02. The average Bonchev–Trinajstić information content (AvgIpc) is 3.07. The Morgan fingerprint density at radius 3 is 2.02 bits per heavy atom. The lowest BCUT2D eigenvalue weighted by Gasteiger charge is -2.12. The van der Waals surface area contributed by atoms with Gasteiger partial charge >= 0.3 is 11.9 Å². The van der Waals surface area contributed by atoms with E-state index in [0.717, 1.165) is 33.2 Å². The summed E-state index contributed by atoms with van der Waals surface area (Å²) >= 11 is 0. The van der Waals surface area contributed by atoms with Gasteiger partial charge in [-0.1, -0.05) is 60.4 Å². The third-order valence-electron chi connectivity index (χ3n) is 7.02. The van der Waals surface area contributed by atoms with E-state index in [1.165, 1.54) is 30.5 Å². The molecule has 0 fully saturated rings. The molecular weight excluding hydrogens is 554 g/mol. The molecule has 6 aromatic rings. The predicted octanol–water partition coefficient (Wildman–Crippen LogP) is 6.83. The van der Waals surface area contributed by atoms with Crippen molar-refractivity contribution in [2.24, 2.45) is 0 Å². The van der Waals surface area contributed by atoms with Gasteiger partial charge in [0.25, 0.3) is 0 Å². The van der Waals surface area contributed by atoms with Crippen LogP contribution in [0.4, 0.5) is 0 Å². The van der Waals surface area contributed by atoms with Gasteiger partial charge in [-0.2, -0.15) is 0 Å². The van der Waals surface area contributed by atoms with Crippen LogP contribution >= 0.6 is 0 Å². The van der Waals surface area contributed by atoms with Crippen molar-refractivity contribution in [2.75, 3.05) is 7.11 Å². The van der Waals surface area contributed by atoms with Gasteiger partial charge in [-0.15, -0.1) is 0 Å². The van der Waals surface area contributed by atoms with Crippen molar-refractivity contribution in [3.05, 3.63) is 132 Å². The summed E-state index contributed by atoms with van der Waals surface area (Å²) in [6, 6.07) is 28.9. The van der Waals surface area contributed by atoms with E-state index in [0.29, 0.717) is 11.3 Å². The van der Waals surface area contributed by atoms with Crippen molar-refractivity contribution in [2.45, 2.75) is 0 Å². The topological polar surface area (TPSA) is 123 Å². The van der Waals surface area contributed by atoms with Gasteiger partial charge in [0.05, 0.1) is 41.0 Å². The van der Waals surface area contributed by atoms with Crippen molar-refractivity contribution >= 4 is 22.7 Å². The third kappa shape index (κ3) is 5.58. The molecule has 3 heterocycles. The minimum absolute atomic E-state index is 0.0120. The van der Waals surface area contributed by atoms with Crippen LogP contribution in [0.3, 0.4) is 0 Å². The lowest BCUT2D eigenvalue weighted by molar-refractivity contribution is 0.0686. The smallest absolute Gasteiger partial charge is 0.335 e. The number of pyridine rings is 3. The van der Waals surface area contributed by atoms with Crippen molar-refractivity contribution in [3.63, 3.8) is 0 Å². The summed E-state index contributed by atoms with van der Waals surface area (Å²) in [6.07, 6.45) is 2.93. The van der Waals surface area contributed by atoms with Crippen molar-refractivity contribution < 1.29 is 24.5 Å². The molecule has 212 valence electrons. The zero-order valence-corrected chi connectivity index (χ0v) is 23.4. The van der Waals surface area contributed by atoms with Crippen molar-refractivity contribution in [3.8, 4) is 51.5 Å². The van der Waals surface area contributed by atoms with Crippen molar-refractivity contribution in [1.82, 2.24) is 15.0 Å². The normalized spacial score (nSPS) is 10.6. The van der Waals surface area contributed by atoms with E-state index >= 15 is 0 Å². The number of nitrogens with zero attached hydrogens (tertiary/aromatic N) is 3. The molecule has 2 N–H and O–H groups in total. The largest absolute Gasteiger partial charge is 0.496 e. The number of aromatic nitrogens is 3. The molecule has 8 nitrogen and oxygen atoms in total. The van der Waals surface area contributed by atoms with Crippen LogP contribution in [-0.4, -0.2) is 44.2 Å². The molecule has 0 aliphatic carbocycles. The Balaban J connectivity index is 1.39. The minimum Gasteiger partial charge on any atom is -0.496 e. The molecule has 0 amide bonds. The molecule has 0 spiro atoms. The second kappa shape index (κ2) is 11.9. The fraction of sp³-hybridized carbons (Fsp3) is 0.0278. The van der Waals surface area contributed by atoms with E-state index in [2.05, 4.69) is 38.9 Å². The Kier molecular flexibility index (Phi) is 7.51. The van der Waals surface area contributed by atoms with E-state index in [9.17, 15) is 19.8 Å². The number of hydrogen-bond acceptors (Lipinski definition) is 6. The van der Waals surface area contributed by atoms with Gasteiger partial charge in [0.2, 0.25) is 0 Å². The number of para-hydroxylation sites is 1. The molecule has 44 heavy (non-hydrogen) atoms. The summed E-state index contributed by atoms with van der Waals surface area (Å²) in [6.45, 7) is 0. The Morgan fingerprint density at radius 1 is 0.636 bits per heavy atom. The second-order valence-electron chi connectivity index (χ2n) is 9.75. The predicted molar refractivity (Wildman–Crippen MR) is 167 cm³/mol. The summed E-state index contributed by atoms with van der Waals surface area (Å²) in [4.78, 5) is 36.6. The molecule has 6 rings (SSSR count). The maximum atomic E-state index is 11.9. The second-order valence-corrected chi connectivity index (χ2v) is 9.75. The molecular formula is C36H23N3O5. The van der Waals surface area contributed by atoms with Gasteiger partial charge < -0.3 is 14.9 Å². The number of rotatable bonds is 6. The van der Waals surface area contributed by atoms with Crippen LogP contribution in [0, 0.1) is 11.8 Å². The van der Waals surface area contributed by atoms with Crippen LogP contribution in [-0.2, 0) is 0 Å². The maximum absolute atomic E-state index is 11.9. The highest BCUT2D eigenvalue weighted by Gasteiger charge is 2.15. The Morgan fingerprint density at radius 2 is 1.27 bits per heavy atom. The zero-order chi connectivity index (χ0) is 30.6. The highest BCUT2D eigenvalue weighted by molar-refractivity contribution is 6.00. The fourth-order valence-electron chi connectivity index (χ4n) is 4.93. The molecule has 0 saturated carbocycles. The number of benzene rings is 3. The quantitative estimate of drug-likeness (QED) is 0.207. The number of hydrogen-bond donors (Lipinski definition) is 2. The first-order valence-corrected chi connectivity index (χ1v) is 13.5. The highest BCUT2D eigenvalue weighted by atomic mass is 16.5. The number of aromatic carboxylic acids is 2. The molecule has 0 aliphatic heterocycles. The molecule has 0 aliphatic rings. The molecule has 0 unspecified atom stereocenters. The van der Waals surface area contributed by atoms with Crippen molar-refractivity contribution in [1.29, 1.82) is 0 Å². The Labute approximate surface area is 252 Å². The van der Waals surface area contributed by atoms with Gasteiger partial charge in [-0.3, -0.25) is 9.97 Å². The lowest BCUT2D eigenvalue weighted by Crippen LogP contribution is -2.02. The average molecular weight is 578 g/mol. The number of carboxylic acid groups (broad SMARTS) is 2. The standard InChI is InChI=1S/C36H23N3O5/c1-44-34-11-3-2-7-29(34)28-10-5-8-26-23(6-4-9-27(26)28)13-12-22-14-16-37-30(18-22)32-20-25(36(42)43)21-33(39-32)31-19-24(35(40)41)15-17-38-31/h2-11,14-21H,1H3,(H,40,41)(H,42,43). The van der Waals surface area contributed by atoms with Crippen LogP contribution in [0.2, 0.25) is 0 Å². The molecule has 0 radical (unpaired) electrons. The summed E-state index contributed by atoms with van der Waals surface area (Å²) < 4.78 is 5.60. The highest BCUT2D eigenvalue weighted by Crippen LogP contribution is 2.35. The van der Waals surface area contributed by atoms with E-state index in [4.69, 9.17) is 4.74 Å². The molecule has 0 bridgehead atoms. The van der Waals surface area contributed by atoms with E-state index < -0.39 is 11.9 Å². The molecule has 3 aromatic carbocycles. The van der Waals surface area contributed by atoms with Crippen LogP contribution in [0.25, 0.3) is 44.7 Å². The SMILES string of the molecule is COc1ccccc1-c1cccc2c(C#Cc3ccnc(-c4cc(C(=O)O)cc(-c5cc(C(=O)O)ccn5)n4)c3)cccc12. The first-order chi connectivity index (χ1) is 21.4. The monoisotopic (exact) mass is 577 g/mol. The molecule has 3 aromatic heterocycles. The Hall–Kier alpha value is -6.33. The van der Waals surface area contributed by atoms with Crippen LogP contribution in [0.15, 0.2) is 109 Å². The number of fused-ring (bicyclic) bond motifs is 1. The van der Waals surface area contributed by atoms with E-state index in [1.807, 2.05) is 48.5 Å². The number of methoxy groups -OCH3 is 1.